The molecule has 2 aromatic carbocycles. The highest BCUT2D eigenvalue weighted by atomic mass is 32.2. The summed E-state index contributed by atoms with van der Waals surface area (Å²) in [5, 5.41) is 6.22. The lowest BCUT2D eigenvalue weighted by atomic mass is 9.96. The highest BCUT2D eigenvalue weighted by Crippen LogP contribution is 2.44. The molecule has 2 aromatic rings. The fourth-order valence-corrected chi connectivity index (χ4v) is 4.47. The second kappa shape index (κ2) is 8.25. The number of benzene rings is 2. The zero-order valence-corrected chi connectivity index (χ0v) is 17.6. The molecule has 1 atom stereocenters. The molecule has 1 unspecified atom stereocenters. The van der Waals surface area contributed by atoms with Gasteiger partial charge in [0.1, 0.15) is 5.75 Å². The van der Waals surface area contributed by atoms with E-state index in [9.17, 15) is 13.2 Å². The van der Waals surface area contributed by atoms with Gasteiger partial charge < -0.3 is 9.64 Å². The number of carbonyl (C=O) groups is 1. The van der Waals surface area contributed by atoms with Gasteiger partial charge in [0.15, 0.2) is 0 Å². The predicted molar refractivity (Wildman–Crippen MR) is 113 cm³/mol. The summed E-state index contributed by atoms with van der Waals surface area (Å²) < 4.78 is 28.3. The summed E-state index contributed by atoms with van der Waals surface area (Å²) in [5.41, 5.74) is 3.37. The number of hydrazine groups is 1. The summed E-state index contributed by atoms with van der Waals surface area (Å²) in [7, 11) is -2.43. The minimum atomic E-state index is -4.04. The normalized spacial score (nSPS) is 19.4. The first-order valence-corrected chi connectivity index (χ1v) is 11.5. The molecule has 2 fully saturated rings. The number of hydrogen-bond acceptors (Lipinski definition) is 4. The van der Waals surface area contributed by atoms with E-state index in [0.29, 0.717) is 18.9 Å². The van der Waals surface area contributed by atoms with E-state index in [4.69, 9.17) is 9.88 Å². The highest BCUT2D eigenvalue weighted by Gasteiger charge is 2.41. The fraction of sp³-hybridized carbons (Fsp3) is 0.381. The van der Waals surface area contributed by atoms with E-state index in [-0.39, 0.29) is 12.6 Å². The number of hydrogen-bond donors (Lipinski definition) is 2. The van der Waals surface area contributed by atoms with Crippen LogP contribution >= 0.6 is 0 Å². The van der Waals surface area contributed by atoms with Gasteiger partial charge >= 0.3 is 6.03 Å². The molecule has 4 rings (SSSR count). The third kappa shape index (κ3) is 4.58. The quantitative estimate of drug-likeness (QED) is 0.670. The SMILES string of the molecule is COc1ccc(CCN2C(=O)N(NS(N)(=O)=O)CC2c2ccccc2C2CC2)cc1. The van der Waals surface area contributed by atoms with E-state index in [2.05, 4.69) is 10.9 Å². The van der Waals surface area contributed by atoms with Crippen LogP contribution in [0.3, 0.4) is 0 Å². The second-order valence-electron chi connectivity index (χ2n) is 7.74. The zero-order chi connectivity index (χ0) is 21.3. The third-order valence-corrected chi connectivity index (χ3v) is 6.09. The molecule has 3 N–H and O–H groups in total. The minimum Gasteiger partial charge on any atom is -0.497 e. The molecule has 2 aliphatic rings. The van der Waals surface area contributed by atoms with Gasteiger partial charge in [0.25, 0.3) is 10.2 Å². The Bertz CT molecular complexity index is 1020. The van der Waals surface area contributed by atoms with Gasteiger partial charge in [-0.1, -0.05) is 36.4 Å². The maximum Gasteiger partial charge on any atom is 0.335 e. The molecule has 2 amide bonds. The Balaban J connectivity index is 1.59. The van der Waals surface area contributed by atoms with Crippen molar-refractivity contribution in [2.45, 2.75) is 31.2 Å². The number of rotatable bonds is 8. The number of urea groups is 1. The van der Waals surface area contributed by atoms with Crippen LogP contribution in [0.4, 0.5) is 4.79 Å². The average molecular weight is 431 g/mol. The van der Waals surface area contributed by atoms with Crippen LogP contribution < -0.4 is 14.7 Å². The largest absolute Gasteiger partial charge is 0.497 e. The van der Waals surface area contributed by atoms with Crippen LogP contribution in [-0.4, -0.2) is 44.6 Å². The standard InChI is InChI=1S/C21H26N4O4S/c1-29-17-10-6-15(7-11-17)12-13-24-20(14-25(21(24)26)23-30(22,27)28)19-5-3-2-4-18(19)16-8-9-16/h2-7,10-11,16,20,23H,8-9,12-14H2,1H3,(H2,22,27,28). The van der Waals surface area contributed by atoms with Gasteiger partial charge in [0.2, 0.25) is 0 Å². The fourth-order valence-electron chi connectivity index (χ4n) is 4.01. The molecule has 1 aliphatic heterocycles. The van der Waals surface area contributed by atoms with Crippen LogP contribution in [0.2, 0.25) is 0 Å². The lowest BCUT2D eigenvalue weighted by Crippen LogP contribution is -2.47. The van der Waals surface area contributed by atoms with Crippen LogP contribution in [0.1, 0.15) is 41.5 Å². The van der Waals surface area contributed by atoms with E-state index >= 15 is 0 Å². The molecule has 1 saturated carbocycles. The smallest absolute Gasteiger partial charge is 0.335 e. The number of amides is 2. The van der Waals surface area contributed by atoms with E-state index in [1.165, 1.54) is 5.56 Å². The molecule has 0 radical (unpaired) electrons. The first kappa shape index (κ1) is 20.6. The van der Waals surface area contributed by atoms with Gasteiger partial charge in [-0.15, -0.1) is 4.83 Å². The Morgan fingerprint density at radius 1 is 1.10 bits per heavy atom. The van der Waals surface area contributed by atoms with Crippen molar-refractivity contribution in [3.05, 3.63) is 65.2 Å². The van der Waals surface area contributed by atoms with Crippen molar-refractivity contribution in [2.75, 3.05) is 20.2 Å². The molecule has 1 saturated heterocycles. The molecular weight excluding hydrogens is 404 g/mol. The monoisotopic (exact) mass is 430 g/mol. The van der Waals surface area contributed by atoms with Crippen molar-refractivity contribution in [3.63, 3.8) is 0 Å². The lowest BCUT2D eigenvalue weighted by Gasteiger charge is -2.25. The van der Waals surface area contributed by atoms with Gasteiger partial charge in [-0.25, -0.2) is 14.9 Å². The average Bonchev–Trinajstić information content (AvgIpc) is 3.52. The van der Waals surface area contributed by atoms with Crippen LogP contribution in [0.5, 0.6) is 5.75 Å². The number of nitrogens with one attached hydrogen (secondary N) is 1. The number of carbonyl (C=O) groups excluding carboxylic acids is 1. The molecule has 8 nitrogen and oxygen atoms in total. The van der Waals surface area contributed by atoms with Gasteiger partial charge in [0.05, 0.1) is 19.7 Å². The number of ether oxygens (including phenoxy) is 1. The summed E-state index contributed by atoms with van der Waals surface area (Å²) in [4.78, 5) is 16.9. The minimum absolute atomic E-state index is 0.210. The summed E-state index contributed by atoms with van der Waals surface area (Å²) in [5.74, 6) is 1.29. The van der Waals surface area contributed by atoms with Crippen molar-refractivity contribution in [1.29, 1.82) is 0 Å². The molecule has 9 heteroatoms. The first-order chi connectivity index (χ1) is 14.4. The Hall–Kier alpha value is -2.62. The lowest BCUT2D eigenvalue weighted by molar-refractivity contribution is 0.182. The molecule has 160 valence electrons. The van der Waals surface area contributed by atoms with Crippen molar-refractivity contribution in [2.24, 2.45) is 5.14 Å². The van der Waals surface area contributed by atoms with Gasteiger partial charge in [-0.2, -0.15) is 8.42 Å². The molecule has 0 spiro atoms. The Morgan fingerprint density at radius 2 is 1.77 bits per heavy atom. The Morgan fingerprint density at radius 3 is 2.37 bits per heavy atom. The Labute approximate surface area is 176 Å². The van der Waals surface area contributed by atoms with Gasteiger partial charge in [-0.3, -0.25) is 0 Å². The maximum atomic E-state index is 13.0. The molecule has 1 heterocycles. The summed E-state index contributed by atoms with van der Waals surface area (Å²) >= 11 is 0. The van der Waals surface area contributed by atoms with Gasteiger partial charge in [0, 0.05) is 6.54 Å². The summed E-state index contributed by atoms with van der Waals surface area (Å²) in [6.07, 6.45) is 2.92. The van der Waals surface area contributed by atoms with Crippen molar-refractivity contribution >= 4 is 16.2 Å². The van der Waals surface area contributed by atoms with Crippen molar-refractivity contribution < 1.29 is 17.9 Å². The van der Waals surface area contributed by atoms with Crippen LogP contribution in [-0.2, 0) is 16.6 Å². The molecule has 0 aromatic heterocycles. The number of nitrogens with two attached hydrogens (primary N) is 1. The van der Waals surface area contributed by atoms with Crippen LogP contribution in [0.25, 0.3) is 0 Å². The predicted octanol–water partition coefficient (Wildman–Crippen LogP) is 2.30. The van der Waals surface area contributed by atoms with Gasteiger partial charge in [-0.05, 0) is 54.0 Å². The molecule has 0 bridgehead atoms. The van der Waals surface area contributed by atoms with E-state index < -0.39 is 16.2 Å². The second-order valence-corrected chi connectivity index (χ2v) is 9.01. The van der Waals surface area contributed by atoms with E-state index in [1.54, 1.807) is 12.0 Å². The van der Waals surface area contributed by atoms with E-state index in [1.807, 2.05) is 42.5 Å². The van der Waals surface area contributed by atoms with Crippen molar-refractivity contribution in [3.8, 4) is 5.75 Å². The highest BCUT2D eigenvalue weighted by molar-refractivity contribution is 7.87. The number of nitrogens with zero attached hydrogens (tertiary/aromatic N) is 2. The first-order valence-electron chi connectivity index (χ1n) is 9.96. The van der Waals surface area contributed by atoms with Crippen LogP contribution in [0, 0.1) is 0 Å². The summed E-state index contributed by atoms with van der Waals surface area (Å²) in [6.45, 7) is 0.666. The third-order valence-electron chi connectivity index (χ3n) is 5.62. The Kier molecular flexibility index (Phi) is 5.68. The maximum absolute atomic E-state index is 13.0. The molecule has 30 heavy (non-hydrogen) atoms. The number of methoxy groups -OCH3 is 1. The molecule has 1 aliphatic carbocycles. The van der Waals surface area contributed by atoms with Crippen LogP contribution in [0.15, 0.2) is 48.5 Å². The van der Waals surface area contributed by atoms with Crippen molar-refractivity contribution in [1.82, 2.24) is 14.7 Å². The van der Waals surface area contributed by atoms with E-state index in [0.717, 1.165) is 34.7 Å². The molecular formula is C21H26N4O4S. The zero-order valence-electron chi connectivity index (χ0n) is 16.8. The topological polar surface area (TPSA) is 105 Å². The summed E-state index contributed by atoms with van der Waals surface area (Å²) in [6, 6.07) is 15.2.